The number of fused-ring (bicyclic) bond motifs is 7. The van der Waals surface area contributed by atoms with E-state index in [4.69, 9.17) is 0 Å². The molecule has 4 heterocycles. The topological polar surface area (TPSA) is 25.8 Å². The minimum Gasteiger partial charge on any atom is -0.305 e. The van der Waals surface area contributed by atoms with Crippen LogP contribution in [0.5, 0.6) is 0 Å². The third-order valence-corrected chi connectivity index (χ3v) is 15.9. The first-order valence-corrected chi connectivity index (χ1v) is 22.8. The van der Waals surface area contributed by atoms with Crippen molar-refractivity contribution in [3.05, 3.63) is 127 Å². The molecule has 1 aliphatic heterocycles. The number of nitrogens with zero attached hydrogens (tertiary/aromatic N) is 2. The molecule has 0 unspecified atom stereocenters. The number of benzene rings is 4. The third-order valence-electron chi connectivity index (χ3n) is 8.90. The quantitative estimate of drug-likeness (QED) is 0.131. The summed E-state index contributed by atoms with van der Waals surface area (Å²) >= 11 is 1.93. The largest absolute Gasteiger partial charge is 0.305 e. The van der Waals surface area contributed by atoms with E-state index in [1.54, 1.807) is 10.4 Å². The Morgan fingerprint density at radius 3 is 2.22 bits per heavy atom. The number of thiophene rings is 1. The summed E-state index contributed by atoms with van der Waals surface area (Å²) in [7, 11) is -2.96. The van der Waals surface area contributed by atoms with E-state index in [1.807, 2.05) is 54.1 Å². The van der Waals surface area contributed by atoms with E-state index in [-0.39, 0.29) is 20.1 Å². The Morgan fingerprint density at radius 2 is 1.50 bits per heavy atom. The van der Waals surface area contributed by atoms with Gasteiger partial charge in [0, 0.05) is 37.2 Å². The molecule has 4 aromatic carbocycles. The maximum absolute atomic E-state index is 4.65. The zero-order chi connectivity index (χ0) is 31.3. The fourth-order valence-electron chi connectivity index (χ4n) is 6.46. The van der Waals surface area contributed by atoms with Crippen LogP contribution in [0, 0.1) is 19.1 Å². The maximum atomic E-state index is 4.65. The molecule has 0 fully saturated rings. The molecule has 0 saturated carbocycles. The van der Waals surface area contributed by atoms with Crippen LogP contribution < -0.4 is 15.6 Å². The van der Waals surface area contributed by atoms with Crippen molar-refractivity contribution < 1.29 is 20.1 Å². The maximum Gasteiger partial charge on any atom is 0.115 e. The van der Waals surface area contributed by atoms with Gasteiger partial charge < -0.3 is 9.97 Å². The van der Waals surface area contributed by atoms with E-state index in [9.17, 15) is 0 Å². The van der Waals surface area contributed by atoms with Gasteiger partial charge in [-0.05, 0) is 61.2 Å². The van der Waals surface area contributed by atoms with Gasteiger partial charge in [0.25, 0.3) is 0 Å². The second-order valence-electron chi connectivity index (χ2n) is 13.4. The Balaban J connectivity index is 0.000000187. The van der Waals surface area contributed by atoms with Crippen molar-refractivity contribution in [3.8, 4) is 33.6 Å². The number of hydrogen-bond donors (Lipinski definition) is 0. The molecule has 2 nitrogen and oxygen atoms in total. The van der Waals surface area contributed by atoms with Gasteiger partial charge >= 0.3 is 0 Å². The number of aryl methyl sites for hydroxylation is 1. The standard InChI is InChI=1S/C26H20NSSi.C14H16NSi.Ir/c1-16-13-14-27-22(15-16)21-9-6-8-18-19-11-12-20-17-7-4-5-10-23(17)29(2,3)26(20)25(19)28-24(18)21;1-16(2,3)13-9-10-14(15-11-13)12-7-5-4-6-8-12;/h4-8,10-15H,1-3H3;4-7,9-11H,1-3H3;/q2*-1;. The molecule has 0 N–H and O–H groups in total. The zero-order valence-electron chi connectivity index (χ0n) is 27.0. The van der Waals surface area contributed by atoms with Gasteiger partial charge in [-0.1, -0.05) is 98.3 Å². The van der Waals surface area contributed by atoms with Gasteiger partial charge in [-0.2, -0.15) is 11.3 Å². The minimum atomic E-state index is -1.73. The number of rotatable bonds is 3. The van der Waals surface area contributed by atoms with E-state index >= 15 is 0 Å². The molecule has 8 rings (SSSR count). The van der Waals surface area contributed by atoms with E-state index in [0.29, 0.717) is 0 Å². The van der Waals surface area contributed by atoms with Crippen LogP contribution in [-0.4, -0.2) is 26.1 Å². The summed E-state index contributed by atoms with van der Waals surface area (Å²) < 4.78 is 2.76. The predicted molar refractivity (Wildman–Crippen MR) is 200 cm³/mol. The smallest absolute Gasteiger partial charge is 0.115 e. The average molecular weight is 825 g/mol. The van der Waals surface area contributed by atoms with Crippen molar-refractivity contribution in [2.24, 2.45) is 0 Å². The summed E-state index contributed by atoms with van der Waals surface area (Å²) in [6.07, 6.45) is 3.91. The molecular weight excluding hydrogens is 789 g/mol. The Bertz CT molecular complexity index is 2180. The zero-order valence-corrected chi connectivity index (χ0v) is 32.2. The van der Waals surface area contributed by atoms with Crippen molar-refractivity contribution in [1.29, 1.82) is 0 Å². The molecule has 7 aromatic rings. The fraction of sp³-hybridized carbons (Fsp3) is 0.150. The molecule has 6 heteroatoms. The summed E-state index contributed by atoms with van der Waals surface area (Å²) in [6.45, 7) is 14.1. The van der Waals surface area contributed by atoms with Crippen molar-refractivity contribution in [3.63, 3.8) is 0 Å². The second-order valence-corrected chi connectivity index (χ2v) is 23.8. The normalized spacial score (nSPS) is 13.0. The molecule has 0 aliphatic carbocycles. The number of aromatic nitrogens is 2. The van der Waals surface area contributed by atoms with Crippen molar-refractivity contribution in [2.45, 2.75) is 39.7 Å². The first-order valence-electron chi connectivity index (χ1n) is 15.5. The average Bonchev–Trinajstić information content (AvgIpc) is 3.54. The Hall–Kier alpha value is -3.52. The summed E-state index contributed by atoms with van der Waals surface area (Å²) in [5, 5.41) is 7.26. The van der Waals surface area contributed by atoms with Gasteiger partial charge in [-0.15, -0.1) is 59.7 Å². The monoisotopic (exact) mass is 825 g/mol. The van der Waals surface area contributed by atoms with E-state index in [1.165, 1.54) is 42.0 Å². The SMILES string of the molecule is C[Si](C)(C)c1ccc(-c2[c-]cccc2)nc1.Cc1ccnc(-c2[c-]ccc3c2sc2c4c(ccc23)-c2ccccc2[Si]4(C)C)c1.[Ir]. The van der Waals surface area contributed by atoms with Crippen LogP contribution >= 0.6 is 11.3 Å². The molecule has 3 aromatic heterocycles. The van der Waals surface area contributed by atoms with Gasteiger partial charge in [0.05, 0.1) is 8.07 Å². The van der Waals surface area contributed by atoms with Crippen LogP contribution in [0.3, 0.4) is 0 Å². The summed E-state index contributed by atoms with van der Waals surface area (Å²) in [5.74, 6) is 0. The summed E-state index contributed by atoms with van der Waals surface area (Å²) in [5.41, 5.74) is 8.30. The Labute approximate surface area is 292 Å². The predicted octanol–water partition coefficient (Wildman–Crippen LogP) is 9.12. The Morgan fingerprint density at radius 1 is 0.717 bits per heavy atom. The first kappa shape index (κ1) is 32.4. The van der Waals surface area contributed by atoms with Crippen LogP contribution in [0.25, 0.3) is 53.8 Å². The van der Waals surface area contributed by atoms with Crippen LogP contribution in [0.4, 0.5) is 0 Å². The van der Waals surface area contributed by atoms with Crippen molar-refractivity contribution in [2.75, 3.05) is 0 Å². The molecule has 231 valence electrons. The van der Waals surface area contributed by atoms with Crippen molar-refractivity contribution >= 4 is 63.2 Å². The summed E-state index contributed by atoms with van der Waals surface area (Å²) in [6, 6.07) is 41.1. The van der Waals surface area contributed by atoms with Crippen LogP contribution in [-0.2, 0) is 20.1 Å². The fourth-order valence-corrected chi connectivity index (χ4v) is 12.9. The van der Waals surface area contributed by atoms with Gasteiger partial charge in [-0.3, -0.25) is 0 Å². The number of hydrogen-bond acceptors (Lipinski definition) is 3. The molecule has 0 atom stereocenters. The van der Waals surface area contributed by atoms with Crippen LogP contribution in [0.1, 0.15) is 5.56 Å². The van der Waals surface area contributed by atoms with E-state index in [0.717, 1.165) is 22.5 Å². The minimum absolute atomic E-state index is 0. The van der Waals surface area contributed by atoms with Crippen LogP contribution in [0.15, 0.2) is 109 Å². The molecular formula is C40H36IrN2SSi2-2. The number of pyridine rings is 2. The molecule has 1 radical (unpaired) electrons. The molecule has 0 amide bonds. The van der Waals surface area contributed by atoms with Crippen molar-refractivity contribution in [1.82, 2.24) is 9.97 Å². The summed E-state index contributed by atoms with van der Waals surface area (Å²) in [4.78, 5) is 9.17. The van der Waals surface area contributed by atoms with E-state index < -0.39 is 16.1 Å². The van der Waals surface area contributed by atoms with Gasteiger partial charge in [-0.25, -0.2) is 0 Å². The van der Waals surface area contributed by atoms with Gasteiger partial charge in [0.2, 0.25) is 0 Å². The first-order chi connectivity index (χ1) is 21.6. The molecule has 46 heavy (non-hydrogen) atoms. The van der Waals surface area contributed by atoms with E-state index in [2.05, 4.69) is 128 Å². The second kappa shape index (κ2) is 12.6. The third kappa shape index (κ3) is 5.78. The van der Waals surface area contributed by atoms with Gasteiger partial charge in [0.1, 0.15) is 8.07 Å². The molecule has 0 bridgehead atoms. The molecule has 0 spiro atoms. The van der Waals surface area contributed by atoms with Gasteiger partial charge in [0.15, 0.2) is 0 Å². The molecule has 1 aliphatic rings. The Kier molecular flexibility index (Phi) is 8.87. The van der Waals surface area contributed by atoms with Crippen LogP contribution in [0.2, 0.25) is 32.7 Å². The molecule has 0 saturated heterocycles.